The van der Waals surface area contributed by atoms with E-state index >= 15 is 0 Å². The molecule has 0 aliphatic heterocycles. The van der Waals surface area contributed by atoms with E-state index in [2.05, 4.69) is 5.32 Å². The van der Waals surface area contributed by atoms with Crippen molar-refractivity contribution in [3.05, 3.63) is 30.4 Å². The van der Waals surface area contributed by atoms with Gasteiger partial charge in [-0.2, -0.15) is 0 Å². The first kappa shape index (κ1) is 15.9. The number of carbonyl (C=O) groups is 2. The van der Waals surface area contributed by atoms with Gasteiger partial charge in [-0.15, -0.1) is 0 Å². The van der Waals surface area contributed by atoms with Crippen molar-refractivity contribution < 1.29 is 24.2 Å². The van der Waals surface area contributed by atoms with Gasteiger partial charge in [0, 0.05) is 18.0 Å². The SMILES string of the molecule is COc1ccc(OC)c(NC(=O)[C@H]2CC=CC[C@@H]2C(=O)[O-])c1. The number of amides is 1. The van der Waals surface area contributed by atoms with E-state index in [1.165, 1.54) is 14.2 Å². The summed E-state index contributed by atoms with van der Waals surface area (Å²) in [4.78, 5) is 23.6. The lowest BCUT2D eigenvalue weighted by atomic mass is 9.82. The van der Waals surface area contributed by atoms with E-state index < -0.39 is 17.8 Å². The van der Waals surface area contributed by atoms with Crippen LogP contribution in [0.1, 0.15) is 12.8 Å². The fourth-order valence-corrected chi connectivity index (χ4v) is 2.50. The van der Waals surface area contributed by atoms with Crippen molar-refractivity contribution in [1.29, 1.82) is 0 Å². The highest BCUT2D eigenvalue weighted by Crippen LogP contribution is 2.31. The van der Waals surface area contributed by atoms with Gasteiger partial charge in [0.05, 0.1) is 25.8 Å². The second-order valence-electron chi connectivity index (χ2n) is 5.03. The molecule has 1 N–H and O–H groups in total. The van der Waals surface area contributed by atoms with Gasteiger partial charge in [0.2, 0.25) is 5.91 Å². The number of aliphatic carboxylic acids is 1. The molecule has 2 atom stereocenters. The molecular weight excluding hydrogens is 286 g/mol. The average molecular weight is 304 g/mol. The van der Waals surface area contributed by atoms with Gasteiger partial charge >= 0.3 is 0 Å². The first-order valence-electron chi connectivity index (χ1n) is 6.95. The molecule has 6 nitrogen and oxygen atoms in total. The van der Waals surface area contributed by atoms with Crippen LogP contribution in [0.5, 0.6) is 11.5 Å². The minimum Gasteiger partial charge on any atom is -0.550 e. The van der Waals surface area contributed by atoms with E-state index in [-0.39, 0.29) is 5.91 Å². The van der Waals surface area contributed by atoms with Crippen LogP contribution in [0.15, 0.2) is 30.4 Å². The summed E-state index contributed by atoms with van der Waals surface area (Å²) < 4.78 is 10.3. The second-order valence-corrected chi connectivity index (χ2v) is 5.03. The van der Waals surface area contributed by atoms with Crippen LogP contribution in [-0.4, -0.2) is 26.1 Å². The summed E-state index contributed by atoms with van der Waals surface area (Å²) >= 11 is 0. The van der Waals surface area contributed by atoms with Gasteiger partial charge in [-0.25, -0.2) is 0 Å². The van der Waals surface area contributed by atoms with Crippen molar-refractivity contribution in [1.82, 2.24) is 0 Å². The monoisotopic (exact) mass is 304 g/mol. The Morgan fingerprint density at radius 2 is 1.82 bits per heavy atom. The molecule has 0 unspecified atom stereocenters. The topological polar surface area (TPSA) is 87.7 Å². The molecule has 1 aliphatic rings. The number of benzene rings is 1. The summed E-state index contributed by atoms with van der Waals surface area (Å²) in [6.45, 7) is 0. The maximum Gasteiger partial charge on any atom is 0.228 e. The maximum atomic E-state index is 12.4. The van der Waals surface area contributed by atoms with Crippen LogP contribution >= 0.6 is 0 Å². The molecule has 22 heavy (non-hydrogen) atoms. The van der Waals surface area contributed by atoms with Crippen molar-refractivity contribution >= 4 is 17.6 Å². The molecule has 0 fully saturated rings. The maximum absolute atomic E-state index is 12.4. The first-order chi connectivity index (χ1) is 10.6. The third-order valence-corrected chi connectivity index (χ3v) is 3.74. The summed E-state index contributed by atoms with van der Waals surface area (Å²) in [5.74, 6) is -2.01. The number of hydrogen-bond acceptors (Lipinski definition) is 5. The van der Waals surface area contributed by atoms with Crippen molar-refractivity contribution in [3.63, 3.8) is 0 Å². The fraction of sp³-hybridized carbons (Fsp3) is 0.375. The zero-order valence-corrected chi connectivity index (χ0v) is 12.5. The molecule has 1 aromatic carbocycles. The second kappa shape index (κ2) is 6.98. The summed E-state index contributed by atoms with van der Waals surface area (Å²) in [6.07, 6.45) is 4.25. The lowest BCUT2D eigenvalue weighted by molar-refractivity contribution is -0.313. The van der Waals surface area contributed by atoms with Gasteiger partial charge in [-0.1, -0.05) is 12.2 Å². The number of ether oxygens (including phenoxy) is 2. The molecule has 2 rings (SSSR count). The largest absolute Gasteiger partial charge is 0.550 e. The number of methoxy groups -OCH3 is 2. The van der Waals surface area contributed by atoms with Crippen LogP contribution in [0.3, 0.4) is 0 Å². The predicted molar refractivity (Wildman–Crippen MR) is 78.5 cm³/mol. The third-order valence-electron chi connectivity index (χ3n) is 3.74. The van der Waals surface area contributed by atoms with E-state index in [0.29, 0.717) is 30.0 Å². The van der Waals surface area contributed by atoms with E-state index in [4.69, 9.17) is 9.47 Å². The predicted octanol–water partition coefficient (Wildman–Crippen LogP) is 0.975. The first-order valence-corrected chi connectivity index (χ1v) is 6.95. The molecule has 0 heterocycles. The summed E-state index contributed by atoms with van der Waals surface area (Å²) in [5, 5.41) is 13.9. The lowest BCUT2D eigenvalue weighted by Crippen LogP contribution is -2.41. The number of allylic oxidation sites excluding steroid dienone is 2. The molecule has 0 bridgehead atoms. The highest BCUT2D eigenvalue weighted by molar-refractivity contribution is 5.96. The number of carbonyl (C=O) groups excluding carboxylic acids is 2. The van der Waals surface area contributed by atoms with Gasteiger partial charge in [0.25, 0.3) is 0 Å². The molecule has 0 aromatic heterocycles. The Balaban J connectivity index is 2.20. The van der Waals surface area contributed by atoms with Gasteiger partial charge in [-0.3, -0.25) is 4.79 Å². The van der Waals surface area contributed by atoms with E-state index in [0.717, 1.165) is 0 Å². The Bertz CT molecular complexity index is 596. The van der Waals surface area contributed by atoms with Gasteiger partial charge < -0.3 is 24.7 Å². The van der Waals surface area contributed by atoms with Crippen molar-refractivity contribution in [2.45, 2.75) is 12.8 Å². The third kappa shape index (κ3) is 3.39. The summed E-state index contributed by atoms with van der Waals surface area (Å²) in [7, 11) is 3.01. The highest BCUT2D eigenvalue weighted by atomic mass is 16.5. The smallest absolute Gasteiger partial charge is 0.228 e. The quantitative estimate of drug-likeness (QED) is 0.819. The van der Waals surface area contributed by atoms with E-state index in [9.17, 15) is 14.7 Å². The Labute approximate surface area is 128 Å². The van der Waals surface area contributed by atoms with Crippen LogP contribution in [0.2, 0.25) is 0 Å². The molecule has 6 heteroatoms. The van der Waals surface area contributed by atoms with Crippen molar-refractivity contribution in [2.24, 2.45) is 11.8 Å². The number of rotatable bonds is 5. The van der Waals surface area contributed by atoms with E-state index in [1.807, 2.05) is 6.08 Å². The van der Waals surface area contributed by atoms with Crippen molar-refractivity contribution in [2.75, 3.05) is 19.5 Å². The molecular formula is C16H18NO5-. The minimum absolute atomic E-state index is 0.301. The zero-order chi connectivity index (χ0) is 16.1. The Hall–Kier alpha value is -2.50. The molecule has 0 saturated carbocycles. The van der Waals surface area contributed by atoms with Gasteiger partial charge in [-0.05, 0) is 25.0 Å². The van der Waals surface area contributed by atoms with E-state index in [1.54, 1.807) is 24.3 Å². The van der Waals surface area contributed by atoms with Crippen LogP contribution in [0, 0.1) is 11.8 Å². The minimum atomic E-state index is -1.21. The standard InChI is InChI=1S/C16H19NO5/c1-21-10-7-8-14(22-2)13(9-10)17-15(18)11-5-3-4-6-12(11)16(19)20/h3-4,7-9,11-12H,5-6H2,1-2H3,(H,17,18)(H,19,20)/p-1/t11-,12-/m0/s1. The number of carboxylic acids is 1. The average Bonchev–Trinajstić information content (AvgIpc) is 2.54. The Morgan fingerprint density at radius 1 is 1.14 bits per heavy atom. The molecule has 0 saturated heterocycles. The highest BCUT2D eigenvalue weighted by Gasteiger charge is 2.30. The molecule has 1 amide bonds. The van der Waals surface area contributed by atoms with Crippen molar-refractivity contribution in [3.8, 4) is 11.5 Å². The number of carboxylic acid groups (broad SMARTS) is 1. The number of hydrogen-bond donors (Lipinski definition) is 1. The van der Waals surface area contributed by atoms with Crippen LogP contribution < -0.4 is 19.9 Å². The van der Waals surface area contributed by atoms with Crippen LogP contribution in [0.4, 0.5) is 5.69 Å². The Morgan fingerprint density at radius 3 is 2.41 bits per heavy atom. The molecule has 0 spiro atoms. The van der Waals surface area contributed by atoms with Crippen LogP contribution in [-0.2, 0) is 9.59 Å². The molecule has 118 valence electrons. The Kier molecular flexibility index (Phi) is 5.04. The molecule has 1 aliphatic carbocycles. The zero-order valence-electron chi connectivity index (χ0n) is 12.5. The summed E-state index contributed by atoms with van der Waals surface area (Å²) in [6, 6.07) is 5.01. The van der Waals surface area contributed by atoms with Gasteiger partial charge in [0.15, 0.2) is 0 Å². The normalized spacial score (nSPS) is 20.3. The number of nitrogens with one attached hydrogen (secondary N) is 1. The summed E-state index contributed by atoms with van der Waals surface area (Å²) in [5.41, 5.74) is 0.443. The van der Waals surface area contributed by atoms with Gasteiger partial charge in [0.1, 0.15) is 11.5 Å². The molecule has 0 radical (unpaired) electrons. The number of anilines is 1. The van der Waals surface area contributed by atoms with Crippen LogP contribution in [0.25, 0.3) is 0 Å². The molecule has 1 aromatic rings. The lowest BCUT2D eigenvalue weighted by Gasteiger charge is -2.28. The fourth-order valence-electron chi connectivity index (χ4n) is 2.50.